The van der Waals surface area contributed by atoms with Crippen LogP contribution in [0.5, 0.6) is 0 Å². The molecule has 220 valence electrons. The highest BCUT2D eigenvalue weighted by Crippen LogP contribution is 2.36. The van der Waals surface area contributed by atoms with Crippen LogP contribution in [0.2, 0.25) is 5.02 Å². The highest BCUT2D eigenvalue weighted by molar-refractivity contribution is 7.99. The number of imidazole rings is 1. The molecular formula is C32H32ClN7O2S. The first-order valence-electron chi connectivity index (χ1n) is 14.2. The van der Waals surface area contributed by atoms with Gasteiger partial charge in [-0.3, -0.25) is 9.88 Å². The minimum Gasteiger partial charge on any atom is -0.460 e. The normalized spacial score (nSPS) is 13.8. The lowest BCUT2D eigenvalue weighted by Gasteiger charge is -2.26. The van der Waals surface area contributed by atoms with E-state index >= 15 is 0 Å². The van der Waals surface area contributed by atoms with Crippen molar-refractivity contribution >= 4 is 45.6 Å². The molecule has 9 nitrogen and oxygen atoms in total. The second-order valence-corrected chi connectivity index (χ2v) is 11.8. The van der Waals surface area contributed by atoms with Gasteiger partial charge in [-0.05, 0) is 62.0 Å². The molecule has 6 rings (SSSR count). The van der Waals surface area contributed by atoms with E-state index in [2.05, 4.69) is 31.6 Å². The number of aryl methyl sites for hydroxylation is 1. The van der Waals surface area contributed by atoms with Crippen molar-refractivity contribution in [1.82, 2.24) is 24.8 Å². The Morgan fingerprint density at radius 1 is 1.09 bits per heavy atom. The number of ether oxygens (including phenoxy) is 1. The first-order valence-corrected chi connectivity index (χ1v) is 15.4. The van der Waals surface area contributed by atoms with Gasteiger partial charge in [0.1, 0.15) is 17.6 Å². The Morgan fingerprint density at radius 2 is 1.98 bits per heavy atom. The zero-order chi connectivity index (χ0) is 29.6. The Bertz CT molecular complexity index is 1760. The van der Waals surface area contributed by atoms with Crippen LogP contribution < -0.4 is 10.6 Å². The summed E-state index contributed by atoms with van der Waals surface area (Å²) in [4.78, 5) is 12.3. The molecule has 0 saturated carbocycles. The third-order valence-corrected chi connectivity index (χ3v) is 8.92. The SMILES string of the molecule is Cn1ccnc1Sc1ccc(Nc2c(C#N)cnc3cc(-c4ccc(CNCCCN5CCOCC5)o4)ccc23)cc1Cl. The smallest absolute Gasteiger partial charge is 0.172 e. The molecule has 0 unspecified atom stereocenters. The minimum absolute atomic E-state index is 0.447. The van der Waals surface area contributed by atoms with Crippen LogP contribution in [0.25, 0.3) is 22.2 Å². The van der Waals surface area contributed by atoms with Crippen LogP contribution in [-0.2, 0) is 18.3 Å². The van der Waals surface area contributed by atoms with Gasteiger partial charge in [0.15, 0.2) is 5.16 Å². The summed E-state index contributed by atoms with van der Waals surface area (Å²) in [6, 6.07) is 18.0. The Kier molecular flexibility index (Phi) is 9.27. The van der Waals surface area contributed by atoms with Gasteiger partial charge in [-0.25, -0.2) is 4.98 Å². The topological polar surface area (TPSA) is 104 Å². The maximum Gasteiger partial charge on any atom is 0.172 e. The van der Waals surface area contributed by atoms with E-state index in [1.807, 2.05) is 66.3 Å². The molecule has 1 aliphatic rings. The summed E-state index contributed by atoms with van der Waals surface area (Å²) in [5.41, 5.74) is 3.58. The maximum atomic E-state index is 9.83. The van der Waals surface area contributed by atoms with Crippen molar-refractivity contribution < 1.29 is 9.15 Å². The van der Waals surface area contributed by atoms with Gasteiger partial charge in [0, 0.05) is 60.3 Å². The molecule has 0 bridgehead atoms. The number of hydrogen-bond donors (Lipinski definition) is 2. The molecule has 0 radical (unpaired) electrons. The molecule has 4 heterocycles. The lowest BCUT2D eigenvalue weighted by Crippen LogP contribution is -2.37. The fourth-order valence-electron chi connectivity index (χ4n) is 5.01. The van der Waals surface area contributed by atoms with Crippen molar-refractivity contribution in [3.63, 3.8) is 0 Å². The highest BCUT2D eigenvalue weighted by Gasteiger charge is 2.14. The molecule has 2 aromatic carbocycles. The quantitative estimate of drug-likeness (QED) is 0.162. The molecule has 5 aromatic rings. The number of nitrogens with zero attached hydrogens (tertiary/aromatic N) is 5. The molecule has 0 spiro atoms. The number of morpholine rings is 1. The second kappa shape index (κ2) is 13.6. The van der Waals surface area contributed by atoms with E-state index in [4.69, 9.17) is 20.8 Å². The second-order valence-electron chi connectivity index (χ2n) is 10.3. The third-order valence-electron chi connectivity index (χ3n) is 7.35. The zero-order valence-corrected chi connectivity index (χ0v) is 25.4. The fraction of sp³-hybridized carbons (Fsp3) is 0.281. The van der Waals surface area contributed by atoms with E-state index in [1.54, 1.807) is 12.4 Å². The summed E-state index contributed by atoms with van der Waals surface area (Å²) >= 11 is 8.13. The average molecular weight is 614 g/mol. The molecule has 0 amide bonds. The number of anilines is 2. The number of hydrogen-bond acceptors (Lipinski definition) is 9. The number of nitrogens with one attached hydrogen (secondary N) is 2. The van der Waals surface area contributed by atoms with Crippen LogP contribution >= 0.6 is 23.4 Å². The van der Waals surface area contributed by atoms with Crippen molar-refractivity contribution in [2.45, 2.75) is 23.0 Å². The summed E-state index contributed by atoms with van der Waals surface area (Å²) in [6.07, 6.45) is 6.34. The summed E-state index contributed by atoms with van der Waals surface area (Å²) < 4.78 is 13.5. The standard InChI is InChI=1S/C32H32ClN7O2S/c1-39-12-10-36-32(39)43-30-8-4-24(18-27(30)33)38-31-23(19-34)20-37-28-17-22(3-6-26(28)31)29-7-5-25(42-29)21-35-9-2-11-40-13-15-41-16-14-40/h3-8,10,12,17-18,20,35H,2,9,11,13-16,21H2,1H3,(H,37,38). The summed E-state index contributed by atoms with van der Waals surface area (Å²) in [6.45, 7) is 6.39. The number of nitriles is 1. The monoisotopic (exact) mass is 613 g/mol. The van der Waals surface area contributed by atoms with E-state index < -0.39 is 0 Å². The Labute approximate surface area is 259 Å². The third kappa shape index (κ3) is 7.04. The molecule has 11 heteroatoms. The van der Waals surface area contributed by atoms with Crippen LogP contribution in [0.1, 0.15) is 17.7 Å². The van der Waals surface area contributed by atoms with E-state index in [-0.39, 0.29) is 0 Å². The number of benzene rings is 2. The minimum atomic E-state index is 0.447. The molecule has 1 saturated heterocycles. The van der Waals surface area contributed by atoms with Gasteiger partial charge in [-0.15, -0.1) is 0 Å². The van der Waals surface area contributed by atoms with Gasteiger partial charge in [0.25, 0.3) is 0 Å². The van der Waals surface area contributed by atoms with Gasteiger partial charge in [-0.2, -0.15) is 5.26 Å². The molecule has 0 atom stereocenters. The largest absolute Gasteiger partial charge is 0.460 e. The first-order chi connectivity index (χ1) is 21.1. The Balaban J connectivity index is 1.13. The number of pyridine rings is 1. The number of aromatic nitrogens is 3. The average Bonchev–Trinajstić information content (AvgIpc) is 3.67. The van der Waals surface area contributed by atoms with Gasteiger partial charge >= 0.3 is 0 Å². The van der Waals surface area contributed by atoms with E-state index in [0.717, 1.165) is 89.5 Å². The molecule has 3 aromatic heterocycles. The zero-order valence-electron chi connectivity index (χ0n) is 23.8. The lowest BCUT2D eigenvalue weighted by atomic mass is 10.1. The van der Waals surface area contributed by atoms with Crippen LogP contribution in [0.15, 0.2) is 81.6 Å². The molecule has 2 N–H and O–H groups in total. The van der Waals surface area contributed by atoms with E-state index in [0.29, 0.717) is 22.8 Å². The lowest BCUT2D eigenvalue weighted by molar-refractivity contribution is 0.0374. The van der Waals surface area contributed by atoms with Crippen LogP contribution in [0, 0.1) is 11.3 Å². The maximum absolute atomic E-state index is 9.83. The molecule has 1 aliphatic heterocycles. The Hall–Kier alpha value is -3.85. The highest BCUT2D eigenvalue weighted by atomic mass is 35.5. The fourth-order valence-corrected chi connectivity index (χ4v) is 6.12. The Morgan fingerprint density at radius 3 is 2.77 bits per heavy atom. The molecule has 43 heavy (non-hydrogen) atoms. The first kappa shape index (κ1) is 29.2. The van der Waals surface area contributed by atoms with Crippen LogP contribution in [0.4, 0.5) is 11.4 Å². The number of rotatable bonds is 11. The van der Waals surface area contributed by atoms with Gasteiger partial charge < -0.3 is 24.4 Å². The van der Waals surface area contributed by atoms with E-state index in [9.17, 15) is 5.26 Å². The van der Waals surface area contributed by atoms with Gasteiger partial charge in [-0.1, -0.05) is 29.4 Å². The molecule has 1 fully saturated rings. The van der Waals surface area contributed by atoms with Gasteiger partial charge in [0.05, 0.1) is 41.5 Å². The van der Waals surface area contributed by atoms with Crippen molar-refractivity contribution in [1.29, 1.82) is 5.26 Å². The van der Waals surface area contributed by atoms with Crippen LogP contribution in [0.3, 0.4) is 0 Å². The van der Waals surface area contributed by atoms with Crippen LogP contribution in [-0.4, -0.2) is 58.8 Å². The summed E-state index contributed by atoms with van der Waals surface area (Å²) in [5.74, 6) is 1.67. The predicted molar refractivity (Wildman–Crippen MR) is 170 cm³/mol. The summed E-state index contributed by atoms with van der Waals surface area (Å²) in [7, 11) is 1.94. The van der Waals surface area contributed by atoms with Crippen molar-refractivity contribution in [2.24, 2.45) is 7.05 Å². The number of fused-ring (bicyclic) bond motifs is 1. The van der Waals surface area contributed by atoms with E-state index in [1.165, 1.54) is 11.8 Å². The summed E-state index contributed by atoms with van der Waals surface area (Å²) in [5, 5.41) is 19.0. The number of halogens is 1. The molecule has 0 aliphatic carbocycles. The number of furan rings is 1. The van der Waals surface area contributed by atoms with Crippen molar-refractivity contribution in [2.75, 3.05) is 44.7 Å². The van der Waals surface area contributed by atoms with Crippen molar-refractivity contribution in [3.8, 4) is 17.4 Å². The van der Waals surface area contributed by atoms with Gasteiger partial charge in [0.2, 0.25) is 0 Å². The van der Waals surface area contributed by atoms with Crippen molar-refractivity contribution in [3.05, 3.63) is 83.5 Å². The predicted octanol–water partition coefficient (Wildman–Crippen LogP) is 6.46. The molecular weight excluding hydrogens is 582 g/mol.